The first kappa shape index (κ1) is 11.2. The molecule has 0 bridgehead atoms. The lowest BCUT2D eigenvalue weighted by atomic mass is 10.0. The highest BCUT2D eigenvalue weighted by atomic mass is 16.3. The molecular weight excluding hydrogens is 200 g/mol. The summed E-state index contributed by atoms with van der Waals surface area (Å²) in [5, 5.41) is 11.0. The van der Waals surface area contributed by atoms with Gasteiger partial charge in [-0.15, -0.1) is 0 Å². The highest BCUT2D eigenvalue weighted by Crippen LogP contribution is 2.19. The van der Waals surface area contributed by atoms with Crippen LogP contribution in [-0.2, 0) is 6.42 Å². The minimum atomic E-state index is -0.362. The summed E-state index contributed by atoms with van der Waals surface area (Å²) in [6, 6.07) is 8.16. The minimum Gasteiger partial charge on any atom is -0.393 e. The molecule has 3 heteroatoms. The molecule has 1 heterocycles. The third-order valence-corrected chi connectivity index (χ3v) is 2.77. The van der Waals surface area contributed by atoms with E-state index in [-0.39, 0.29) is 12.1 Å². The zero-order valence-corrected chi connectivity index (χ0v) is 9.48. The van der Waals surface area contributed by atoms with Crippen LogP contribution >= 0.6 is 0 Å². The van der Waals surface area contributed by atoms with Crippen molar-refractivity contribution in [3.63, 3.8) is 0 Å². The summed E-state index contributed by atoms with van der Waals surface area (Å²) < 4.78 is 0. The molecule has 2 atom stereocenters. The highest BCUT2D eigenvalue weighted by Gasteiger charge is 2.11. The van der Waals surface area contributed by atoms with Crippen LogP contribution in [0.1, 0.15) is 18.9 Å². The van der Waals surface area contributed by atoms with Gasteiger partial charge in [-0.05, 0) is 25.0 Å². The van der Waals surface area contributed by atoms with E-state index in [4.69, 9.17) is 5.73 Å². The topological polar surface area (TPSA) is 62.0 Å². The van der Waals surface area contributed by atoms with E-state index in [0.717, 1.165) is 11.1 Å². The van der Waals surface area contributed by atoms with Gasteiger partial charge in [0.05, 0.1) is 6.10 Å². The van der Waals surface area contributed by atoms with Crippen molar-refractivity contribution < 1.29 is 5.11 Å². The number of benzene rings is 1. The van der Waals surface area contributed by atoms with Gasteiger partial charge in [-0.3, -0.25) is 0 Å². The van der Waals surface area contributed by atoms with E-state index in [2.05, 4.69) is 11.1 Å². The van der Waals surface area contributed by atoms with Crippen LogP contribution in [0.4, 0.5) is 0 Å². The average Bonchev–Trinajstić information content (AvgIpc) is 2.61. The van der Waals surface area contributed by atoms with Gasteiger partial charge < -0.3 is 15.8 Å². The molecule has 4 N–H and O–H groups in total. The number of hydrogen-bond acceptors (Lipinski definition) is 2. The number of aliphatic hydroxyl groups excluding tert-OH is 1. The van der Waals surface area contributed by atoms with Crippen LogP contribution in [0.2, 0.25) is 0 Å². The molecule has 0 aliphatic rings. The zero-order chi connectivity index (χ0) is 11.5. The van der Waals surface area contributed by atoms with Gasteiger partial charge in [-0.1, -0.05) is 18.2 Å². The maximum atomic E-state index is 9.86. The number of hydrogen-bond donors (Lipinski definition) is 3. The van der Waals surface area contributed by atoms with Crippen molar-refractivity contribution in [3.8, 4) is 0 Å². The van der Waals surface area contributed by atoms with Gasteiger partial charge in [0.1, 0.15) is 0 Å². The molecular formula is C13H18N2O. The monoisotopic (exact) mass is 218 g/mol. The molecule has 3 nitrogen and oxygen atoms in total. The van der Waals surface area contributed by atoms with Crippen molar-refractivity contribution in [1.29, 1.82) is 0 Å². The summed E-state index contributed by atoms with van der Waals surface area (Å²) in [6.07, 6.45) is 2.90. The van der Waals surface area contributed by atoms with Crippen LogP contribution in [0.5, 0.6) is 0 Å². The number of aromatic amines is 1. The number of nitrogens with two attached hydrogens (primary N) is 1. The minimum absolute atomic E-state index is 0.0419. The molecule has 2 aromatic rings. The summed E-state index contributed by atoms with van der Waals surface area (Å²) >= 11 is 0. The second-order valence-electron chi connectivity index (χ2n) is 4.43. The Balaban J connectivity index is 2.15. The van der Waals surface area contributed by atoms with Crippen molar-refractivity contribution in [2.45, 2.75) is 31.9 Å². The predicted molar refractivity (Wildman–Crippen MR) is 66.3 cm³/mol. The quantitative estimate of drug-likeness (QED) is 0.733. The van der Waals surface area contributed by atoms with E-state index >= 15 is 0 Å². The van der Waals surface area contributed by atoms with Gasteiger partial charge in [-0.25, -0.2) is 0 Å². The van der Waals surface area contributed by atoms with Gasteiger partial charge in [0.2, 0.25) is 0 Å². The van der Waals surface area contributed by atoms with E-state index in [0.29, 0.717) is 12.8 Å². The molecule has 0 aliphatic heterocycles. The first-order chi connectivity index (χ1) is 7.66. The van der Waals surface area contributed by atoms with Gasteiger partial charge in [-0.2, -0.15) is 0 Å². The van der Waals surface area contributed by atoms with E-state index in [1.54, 1.807) is 0 Å². The molecule has 86 valence electrons. The van der Waals surface area contributed by atoms with Crippen molar-refractivity contribution in [2.24, 2.45) is 5.73 Å². The Morgan fingerprint density at radius 1 is 1.38 bits per heavy atom. The molecule has 16 heavy (non-hydrogen) atoms. The first-order valence-electron chi connectivity index (χ1n) is 5.65. The first-order valence-corrected chi connectivity index (χ1v) is 5.65. The second kappa shape index (κ2) is 4.68. The largest absolute Gasteiger partial charge is 0.393 e. The van der Waals surface area contributed by atoms with Crippen LogP contribution in [0.15, 0.2) is 30.5 Å². The van der Waals surface area contributed by atoms with E-state index in [1.807, 2.05) is 31.3 Å². The van der Waals surface area contributed by atoms with Gasteiger partial charge >= 0.3 is 0 Å². The number of fused-ring (bicyclic) bond motifs is 1. The highest BCUT2D eigenvalue weighted by molar-refractivity contribution is 5.83. The third-order valence-electron chi connectivity index (χ3n) is 2.77. The number of aliphatic hydroxyl groups is 1. The van der Waals surface area contributed by atoms with E-state index in [1.165, 1.54) is 5.39 Å². The molecule has 0 saturated heterocycles. The second-order valence-corrected chi connectivity index (χ2v) is 4.43. The maximum Gasteiger partial charge on any atom is 0.0596 e. The summed E-state index contributed by atoms with van der Waals surface area (Å²) in [7, 11) is 0. The van der Waals surface area contributed by atoms with Crippen molar-refractivity contribution in [3.05, 3.63) is 36.0 Å². The van der Waals surface area contributed by atoms with Crippen molar-refractivity contribution in [1.82, 2.24) is 4.98 Å². The van der Waals surface area contributed by atoms with E-state index < -0.39 is 0 Å². The number of aromatic nitrogens is 1. The lowest BCUT2D eigenvalue weighted by Gasteiger charge is -2.12. The lowest BCUT2D eigenvalue weighted by Crippen LogP contribution is -2.24. The molecule has 1 unspecified atom stereocenters. The Kier molecular flexibility index (Phi) is 3.27. The molecule has 1 aromatic carbocycles. The summed E-state index contributed by atoms with van der Waals surface area (Å²) in [4.78, 5) is 3.20. The summed E-state index contributed by atoms with van der Waals surface area (Å²) in [5.74, 6) is 0. The lowest BCUT2D eigenvalue weighted by molar-refractivity contribution is 0.158. The Morgan fingerprint density at radius 3 is 2.88 bits per heavy atom. The molecule has 2 rings (SSSR count). The van der Waals surface area contributed by atoms with Crippen molar-refractivity contribution >= 4 is 10.9 Å². The fraction of sp³-hybridized carbons (Fsp3) is 0.385. The molecule has 0 aliphatic carbocycles. The maximum absolute atomic E-state index is 9.86. The van der Waals surface area contributed by atoms with Gasteiger partial charge in [0.15, 0.2) is 0 Å². The fourth-order valence-electron chi connectivity index (χ4n) is 2.07. The zero-order valence-electron chi connectivity index (χ0n) is 9.48. The molecule has 0 saturated carbocycles. The Morgan fingerprint density at radius 2 is 2.12 bits per heavy atom. The molecule has 1 aromatic heterocycles. The number of nitrogens with one attached hydrogen (secondary N) is 1. The number of rotatable bonds is 4. The van der Waals surface area contributed by atoms with Crippen LogP contribution in [0.3, 0.4) is 0 Å². The number of para-hydroxylation sites is 1. The Bertz CT molecular complexity index is 462. The Labute approximate surface area is 95.3 Å². The van der Waals surface area contributed by atoms with Crippen LogP contribution in [0, 0.1) is 0 Å². The smallest absolute Gasteiger partial charge is 0.0596 e. The van der Waals surface area contributed by atoms with Crippen LogP contribution in [0.25, 0.3) is 10.9 Å². The summed E-state index contributed by atoms with van der Waals surface area (Å²) in [5.41, 5.74) is 7.94. The molecule has 0 amide bonds. The SMILES string of the molecule is CC(N)C[C@H](O)Cc1c[nH]c2ccccc12. The van der Waals surface area contributed by atoms with Crippen LogP contribution in [-0.4, -0.2) is 22.2 Å². The van der Waals surface area contributed by atoms with Crippen molar-refractivity contribution in [2.75, 3.05) is 0 Å². The normalized spacial score (nSPS) is 15.2. The molecule has 0 fully saturated rings. The Hall–Kier alpha value is -1.32. The average molecular weight is 218 g/mol. The molecule has 0 spiro atoms. The fourth-order valence-corrected chi connectivity index (χ4v) is 2.07. The van der Waals surface area contributed by atoms with Crippen LogP contribution < -0.4 is 5.73 Å². The predicted octanol–water partition coefficient (Wildman–Crippen LogP) is 1.81. The van der Waals surface area contributed by atoms with Gasteiger partial charge in [0.25, 0.3) is 0 Å². The van der Waals surface area contributed by atoms with Gasteiger partial charge in [0, 0.05) is 29.6 Å². The standard InChI is InChI=1S/C13H18N2O/c1-9(14)6-11(16)7-10-8-15-13-5-3-2-4-12(10)13/h2-5,8-9,11,15-16H,6-7,14H2,1H3/t9?,11-/m0/s1. The number of H-pyrrole nitrogens is 1. The third kappa shape index (κ3) is 2.43. The molecule has 0 radical (unpaired) electrons. The van der Waals surface area contributed by atoms with E-state index in [9.17, 15) is 5.11 Å². The summed E-state index contributed by atoms with van der Waals surface area (Å²) in [6.45, 7) is 1.92.